The van der Waals surface area contributed by atoms with E-state index in [0.29, 0.717) is 0 Å². The highest BCUT2D eigenvalue weighted by Gasteiger charge is 2.38. The van der Waals surface area contributed by atoms with Crippen LogP contribution in [0.1, 0.15) is 5.56 Å². The number of benzene rings is 1. The van der Waals surface area contributed by atoms with Gasteiger partial charge < -0.3 is 24.4 Å². The Morgan fingerprint density at radius 3 is 2.64 bits per heavy atom. The van der Waals surface area contributed by atoms with Crippen molar-refractivity contribution >= 4 is 18.2 Å². The second-order valence-electron chi connectivity index (χ2n) is 4.55. The summed E-state index contributed by atoms with van der Waals surface area (Å²) in [6, 6.07) is 8.53. The van der Waals surface area contributed by atoms with Crippen molar-refractivity contribution in [3.8, 4) is 0 Å². The smallest absolute Gasteiger partial charge is 0.445 e. The zero-order chi connectivity index (χ0) is 15.9. The Morgan fingerprint density at radius 1 is 1.27 bits per heavy atom. The second-order valence-corrected chi connectivity index (χ2v) is 4.55. The number of methoxy groups -OCH3 is 1. The molecule has 1 heterocycles. The Kier molecular flexibility index (Phi) is 5.18. The van der Waals surface area contributed by atoms with Crippen molar-refractivity contribution in [1.82, 2.24) is 10.2 Å². The highest BCUT2D eigenvalue weighted by molar-refractivity contribution is 5.91. The Labute approximate surface area is 126 Å². The molecule has 1 aromatic rings. The molecule has 2 amide bonds. The maximum Gasteiger partial charge on any atom is 0.509 e. The minimum Gasteiger partial charge on any atom is -0.445 e. The van der Waals surface area contributed by atoms with Crippen LogP contribution in [-0.2, 0) is 25.6 Å². The normalized spacial score (nSPS) is 16.5. The summed E-state index contributed by atoms with van der Waals surface area (Å²) in [5.41, 5.74) is 0.852. The first-order valence-electron chi connectivity index (χ1n) is 6.57. The molecule has 0 saturated carbocycles. The molecule has 8 nitrogen and oxygen atoms in total. The third kappa shape index (κ3) is 4.11. The molecule has 1 aliphatic rings. The minimum atomic E-state index is -0.869. The van der Waals surface area contributed by atoms with Crippen LogP contribution in [0.2, 0.25) is 0 Å². The van der Waals surface area contributed by atoms with Gasteiger partial charge in [-0.05, 0) is 5.56 Å². The third-order valence-corrected chi connectivity index (χ3v) is 3.02. The highest BCUT2D eigenvalue weighted by atomic mass is 16.7. The van der Waals surface area contributed by atoms with E-state index in [-0.39, 0.29) is 25.8 Å². The molecule has 0 bridgehead atoms. The van der Waals surface area contributed by atoms with Gasteiger partial charge in [-0.2, -0.15) is 0 Å². The average molecular weight is 308 g/mol. The van der Waals surface area contributed by atoms with Crippen LogP contribution in [-0.4, -0.2) is 49.5 Å². The van der Waals surface area contributed by atoms with Gasteiger partial charge in [-0.25, -0.2) is 9.59 Å². The lowest BCUT2D eigenvalue weighted by molar-refractivity contribution is -0.149. The van der Waals surface area contributed by atoms with Gasteiger partial charge >= 0.3 is 12.2 Å². The number of amides is 2. The van der Waals surface area contributed by atoms with Crippen LogP contribution in [0.15, 0.2) is 30.3 Å². The zero-order valence-electron chi connectivity index (χ0n) is 12.0. The second kappa shape index (κ2) is 7.30. The lowest BCUT2D eigenvalue weighted by atomic mass is 10.1. The van der Waals surface area contributed by atoms with Gasteiger partial charge in [0.1, 0.15) is 12.6 Å². The van der Waals surface area contributed by atoms with Crippen LogP contribution in [0.4, 0.5) is 9.59 Å². The topological polar surface area (TPSA) is 94.2 Å². The molecule has 118 valence electrons. The van der Waals surface area contributed by atoms with Crippen molar-refractivity contribution in [2.24, 2.45) is 0 Å². The Morgan fingerprint density at radius 2 is 2.00 bits per heavy atom. The number of nitrogens with zero attached hydrogens (tertiary/aromatic N) is 1. The summed E-state index contributed by atoms with van der Waals surface area (Å²) >= 11 is 0. The fraction of sp³-hybridized carbons (Fsp3) is 0.357. The molecule has 1 fully saturated rings. The number of nitrogens with one attached hydrogen (secondary N) is 1. The number of alkyl carbamates (subject to hydrolysis) is 1. The van der Waals surface area contributed by atoms with E-state index in [1.807, 2.05) is 30.3 Å². The van der Waals surface area contributed by atoms with Gasteiger partial charge in [0.2, 0.25) is 5.91 Å². The number of carbonyl (C=O) groups is 3. The lowest BCUT2D eigenvalue weighted by Gasteiger charge is -2.37. The SMILES string of the molecule is COC(=O)OCN1CC(NC(=O)OCc2ccccc2)C1=O. The highest BCUT2D eigenvalue weighted by Crippen LogP contribution is 2.10. The molecule has 1 atom stereocenters. The van der Waals surface area contributed by atoms with E-state index in [2.05, 4.69) is 14.8 Å². The van der Waals surface area contributed by atoms with Crippen LogP contribution in [0.5, 0.6) is 0 Å². The zero-order valence-corrected chi connectivity index (χ0v) is 12.0. The fourth-order valence-corrected chi connectivity index (χ4v) is 1.82. The molecule has 0 spiro atoms. The van der Waals surface area contributed by atoms with Crippen molar-refractivity contribution in [2.45, 2.75) is 12.6 Å². The Bertz CT molecular complexity index is 548. The van der Waals surface area contributed by atoms with E-state index in [9.17, 15) is 14.4 Å². The van der Waals surface area contributed by atoms with Gasteiger partial charge in [0.05, 0.1) is 13.7 Å². The Balaban J connectivity index is 1.66. The molecule has 1 aromatic carbocycles. The van der Waals surface area contributed by atoms with Gasteiger partial charge in [-0.1, -0.05) is 30.3 Å². The molecule has 22 heavy (non-hydrogen) atoms. The predicted octanol–water partition coefficient (Wildman–Crippen LogP) is 0.864. The number of hydrogen-bond acceptors (Lipinski definition) is 6. The van der Waals surface area contributed by atoms with Gasteiger partial charge in [0.25, 0.3) is 0 Å². The van der Waals surface area contributed by atoms with Crippen LogP contribution >= 0.6 is 0 Å². The minimum absolute atomic E-state index is 0.128. The number of β-lactam (4-membered cyclic amide) rings is 1. The van der Waals surface area contributed by atoms with Gasteiger partial charge in [-0.3, -0.25) is 4.79 Å². The van der Waals surface area contributed by atoms with Crippen molar-refractivity contribution in [3.63, 3.8) is 0 Å². The number of likely N-dealkylation sites (tertiary alicyclic amines) is 1. The largest absolute Gasteiger partial charge is 0.509 e. The molecular weight excluding hydrogens is 292 g/mol. The van der Waals surface area contributed by atoms with Gasteiger partial charge in [0.15, 0.2) is 6.73 Å². The molecule has 0 aliphatic carbocycles. The maximum absolute atomic E-state index is 11.7. The number of carbonyl (C=O) groups excluding carboxylic acids is 3. The molecule has 0 radical (unpaired) electrons. The lowest BCUT2D eigenvalue weighted by Crippen LogP contribution is -2.64. The molecular formula is C14H16N2O6. The van der Waals surface area contributed by atoms with E-state index in [0.717, 1.165) is 5.56 Å². The van der Waals surface area contributed by atoms with E-state index in [1.165, 1.54) is 12.0 Å². The van der Waals surface area contributed by atoms with E-state index in [4.69, 9.17) is 4.74 Å². The third-order valence-electron chi connectivity index (χ3n) is 3.02. The van der Waals surface area contributed by atoms with Crippen molar-refractivity contribution in [1.29, 1.82) is 0 Å². The van der Waals surface area contributed by atoms with Crippen molar-refractivity contribution in [2.75, 3.05) is 20.4 Å². The summed E-state index contributed by atoms with van der Waals surface area (Å²) in [6.07, 6.45) is -1.54. The molecule has 1 saturated heterocycles. The fourth-order valence-electron chi connectivity index (χ4n) is 1.82. The van der Waals surface area contributed by atoms with Crippen LogP contribution in [0.3, 0.4) is 0 Å². The quantitative estimate of drug-likeness (QED) is 0.640. The molecule has 0 aromatic heterocycles. The van der Waals surface area contributed by atoms with Crippen LogP contribution in [0.25, 0.3) is 0 Å². The first-order chi connectivity index (χ1) is 10.6. The van der Waals surface area contributed by atoms with Crippen molar-refractivity contribution in [3.05, 3.63) is 35.9 Å². The monoisotopic (exact) mass is 308 g/mol. The average Bonchev–Trinajstić information content (AvgIpc) is 2.55. The maximum atomic E-state index is 11.7. The van der Waals surface area contributed by atoms with Crippen molar-refractivity contribution < 1.29 is 28.6 Å². The number of rotatable bonds is 5. The number of ether oxygens (including phenoxy) is 3. The molecule has 2 rings (SSSR count). The van der Waals surface area contributed by atoms with E-state index in [1.54, 1.807) is 0 Å². The predicted molar refractivity (Wildman–Crippen MR) is 73.6 cm³/mol. The molecule has 1 N–H and O–H groups in total. The summed E-state index contributed by atoms with van der Waals surface area (Å²) < 4.78 is 13.9. The summed E-state index contributed by atoms with van der Waals surface area (Å²) in [4.78, 5) is 35.3. The van der Waals surface area contributed by atoms with Crippen LogP contribution in [0, 0.1) is 0 Å². The summed E-state index contributed by atoms with van der Waals surface area (Å²) in [6.45, 7) is 0.168. The summed E-state index contributed by atoms with van der Waals surface area (Å²) in [5, 5.41) is 2.44. The van der Waals surface area contributed by atoms with E-state index < -0.39 is 18.3 Å². The Hall–Kier alpha value is -2.77. The first-order valence-corrected chi connectivity index (χ1v) is 6.57. The van der Waals surface area contributed by atoms with Gasteiger partial charge in [-0.15, -0.1) is 0 Å². The number of hydrogen-bond donors (Lipinski definition) is 1. The molecule has 8 heteroatoms. The standard InChI is InChI=1S/C14H16N2O6/c1-20-14(19)22-9-16-7-11(12(16)17)15-13(18)21-8-10-5-3-2-4-6-10/h2-6,11H,7-9H2,1H3,(H,15,18). The van der Waals surface area contributed by atoms with E-state index >= 15 is 0 Å². The molecule has 1 aliphatic heterocycles. The first kappa shape index (κ1) is 15.6. The summed E-state index contributed by atoms with van der Waals surface area (Å²) in [7, 11) is 1.17. The molecule has 1 unspecified atom stereocenters. The van der Waals surface area contributed by atoms with Gasteiger partial charge in [0, 0.05) is 0 Å². The van der Waals surface area contributed by atoms with Crippen LogP contribution < -0.4 is 5.32 Å². The summed E-state index contributed by atoms with van der Waals surface area (Å²) in [5.74, 6) is -0.347.